The molecule has 0 aliphatic carbocycles. The summed E-state index contributed by atoms with van der Waals surface area (Å²) in [5, 5.41) is 9.17. The standard InChI is InChI=1S/C19H20ClF3N4O3/c1-10-17(20)11(2)27(26-10)9-16(28)25-14-6-5-12(8-13(14)19(21,22)23)24-18(29)15-4-3-7-30-15/h5-6,8,15H,3-4,7,9H2,1-2H3,(H,24,29)(H,25,28). The van der Waals surface area contributed by atoms with Crippen molar-refractivity contribution in [2.75, 3.05) is 17.2 Å². The summed E-state index contributed by atoms with van der Waals surface area (Å²) in [6.45, 7) is 3.46. The van der Waals surface area contributed by atoms with Gasteiger partial charge in [0.25, 0.3) is 5.91 Å². The molecule has 1 atom stereocenters. The van der Waals surface area contributed by atoms with Crippen LogP contribution in [-0.2, 0) is 27.0 Å². The third kappa shape index (κ3) is 4.93. The first-order valence-corrected chi connectivity index (χ1v) is 9.57. The van der Waals surface area contributed by atoms with Crippen LogP contribution in [0.5, 0.6) is 0 Å². The second kappa shape index (κ2) is 8.65. The average Bonchev–Trinajstić information content (AvgIpc) is 3.28. The second-order valence-corrected chi connectivity index (χ2v) is 7.32. The van der Waals surface area contributed by atoms with E-state index in [9.17, 15) is 22.8 Å². The summed E-state index contributed by atoms with van der Waals surface area (Å²) in [4.78, 5) is 24.4. The van der Waals surface area contributed by atoms with Gasteiger partial charge in [-0.3, -0.25) is 14.3 Å². The highest BCUT2D eigenvalue weighted by atomic mass is 35.5. The highest BCUT2D eigenvalue weighted by Crippen LogP contribution is 2.37. The summed E-state index contributed by atoms with van der Waals surface area (Å²) in [6.07, 6.45) is -4.18. The van der Waals surface area contributed by atoms with Crippen LogP contribution in [0.3, 0.4) is 0 Å². The summed E-state index contributed by atoms with van der Waals surface area (Å²) in [5.74, 6) is -1.20. The Balaban J connectivity index is 1.77. The van der Waals surface area contributed by atoms with Crippen LogP contribution in [0.2, 0.25) is 5.02 Å². The van der Waals surface area contributed by atoms with Gasteiger partial charge in [0.1, 0.15) is 12.6 Å². The molecule has 2 aromatic rings. The van der Waals surface area contributed by atoms with Crippen molar-refractivity contribution < 1.29 is 27.5 Å². The minimum Gasteiger partial charge on any atom is -0.368 e. The largest absolute Gasteiger partial charge is 0.418 e. The van der Waals surface area contributed by atoms with Gasteiger partial charge in [0.2, 0.25) is 5.91 Å². The molecule has 1 aliphatic heterocycles. The van der Waals surface area contributed by atoms with E-state index >= 15 is 0 Å². The van der Waals surface area contributed by atoms with Gasteiger partial charge in [-0.2, -0.15) is 18.3 Å². The van der Waals surface area contributed by atoms with E-state index in [1.807, 2.05) is 0 Å². The smallest absolute Gasteiger partial charge is 0.368 e. The van der Waals surface area contributed by atoms with Gasteiger partial charge in [0, 0.05) is 12.3 Å². The number of nitrogens with zero attached hydrogens (tertiary/aromatic N) is 2. The Bertz CT molecular complexity index is 969. The fourth-order valence-corrected chi connectivity index (χ4v) is 3.26. The first kappa shape index (κ1) is 22.1. The number of anilines is 2. The van der Waals surface area contributed by atoms with E-state index in [-0.39, 0.29) is 12.2 Å². The lowest BCUT2D eigenvalue weighted by Gasteiger charge is -2.17. The highest BCUT2D eigenvalue weighted by molar-refractivity contribution is 6.31. The molecule has 1 unspecified atom stereocenters. The molecule has 30 heavy (non-hydrogen) atoms. The maximum atomic E-state index is 13.5. The van der Waals surface area contributed by atoms with Crippen molar-refractivity contribution in [1.29, 1.82) is 0 Å². The molecule has 0 spiro atoms. The number of rotatable bonds is 5. The molecule has 162 valence electrons. The summed E-state index contributed by atoms with van der Waals surface area (Å²) in [5.41, 5.74) is -0.481. The number of amides is 2. The van der Waals surface area contributed by atoms with E-state index < -0.39 is 35.3 Å². The SMILES string of the molecule is Cc1nn(CC(=O)Nc2ccc(NC(=O)C3CCCO3)cc2C(F)(F)F)c(C)c1Cl. The minimum absolute atomic E-state index is 0.0360. The third-order valence-corrected chi connectivity index (χ3v) is 5.22. The lowest BCUT2D eigenvalue weighted by molar-refractivity contribution is -0.137. The molecular weight excluding hydrogens is 425 g/mol. The lowest BCUT2D eigenvalue weighted by atomic mass is 10.1. The van der Waals surface area contributed by atoms with Crippen LogP contribution in [0.25, 0.3) is 0 Å². The number of aromatic nitrogens is 2. The highest BCUT2D eigenvalue weighted by Gasteiger charge is 2.35. The van der Waals surface area contributed by atoms with E-state index in [0.717, 1.165) is 18.6 Å². The van der Waals surface area contributed by atoms with Gasteiger partial charge in [-0.25, -0.2) is 0 Å². The number of nitrogens with one attached hydrogen (secondary N) is 2. The van der Waals surface area contributed by atoms with Gasteiger partial charge in [-0.05, 0) is 44.9 Å². The lowest BCUT2D eigenvalue weighted by Crippen LogP contribution is -2.27. The van der Waals surface area contributed by atoms with E-state index in [0.29, 0.717) is 29.4 Å². The van der Waals surface area contributed by atoms with Crippen LogP contribution in [0.15, 0.2) is 18.2 Å². The monoisotopic (exact) mass is 444 g/mol. The molecule has 7 nitrogen and oxygen atoms in total. The Labute approximate surface area is 175 Å². The molecule has 0 radical (unpaired) electrons. The number of carbonyl (C=O) groups excluding carboxylic acids is 2. The molecule has 0 saturated carbocycles. The van der Waals surface area contributed by atoms with Crippen molar-refractivity contribution in [2.45, 2.75) is 45.5 Å². The number of aryl methyl sites for hydroxylation is 1. The summed E-state index contributed by atoms with van der Waals surface area (Å²) in [7, 11) is 0. The fraction of sp³-hybridized carbons (Fsp3) is 0.421. The van der Waals surface area contributed by atoms with Crippen molar-refractivity contribution in [3.05, 3.63) is 40.2 Å². The average molecular weight is 445 g/mol. The zero-order valence-corrected chi connectivity index (χ0v) is 17.0. The van der Waals surface area contributed by atoms with Gasteiger partial charge < -0.3 is 15.4 Å². The Morgan fingerprint density at radius 2 is 2.03 bits per heavy atom. The molecule has 3 rings (SSSR count). The first-order valence-electron chi connectivity index (χ1n) is 9.19. The fourth-order valence-electron chi connectivity index (χ4n) is 3.13. The molecule has 1 aliphatic rings. The van der Waals surface area contributed by atoms with E-state index in [1.54, 1.807) is 13.8 Å². The quantitative estimate of drug-likeness (QED) is 0.731. The summed E-state index contributed by atoms with van der Waals surface area (Å²) >= 11 is 6.03. The molecule has 1 fully saturated rings. The summed E-state index contributed by atoms with van der Waals surface area (Å²) < 4.78 is 47.2. The molecule has 1 aromatic heterocycles. The Hall–Kier alpha value is -2.59. The number of alkyl halides is 3. The number of ether oxygens (including phenoxy) is 1. The van der Waals surface area contributed by atoms with E-state index in [2.05, 4.69) is 15.7 Å². The predicted octanol–water partition coefficient (Wildman–Crippen LogP) is 3.93. The van der Waals surface area contributed by atoms with Crippen LogP contribution in [0, 0.1) is 13.8 Å². The van der Waals surface area contributed by atoms with Gasteiger partial charge >= 0.3 is 6.18 Å². The molecule has 1 saturated heterocycles. The van der Waals surface area contributed by atoms with Crippen molar-refractivity contribution in [3.63, 3.8) is 0 Å². The van der Waals surface area contributed by atoms with Crippen LogP contribution in [-0.4, -0.2) is 34.3 Å². The maximum absolute atomic E-state index is 13.5. The van der Waals surface area contributed by atoms with Crippen molar-refractivity contribution >= 4 is 34.8 Å². The van der Waals surface area contributed by atoms with Gasteiger partial charge in [-0.1, -0.05) is 11.6 Å². The van der Waals surface area contributed by atoms with Crippen LogP contribution >= 0.6 is 11.6 Å². The summed E-state index contributed by atoms with van der Waals surface area (Å²) in [6, 6.07) is 3.17. The number of hydrogen-bond acceptors (Lipinski definition) is 4. The van der Waals surface area contributed by atoms with Crippen LogP contribution in [0.1, 0.15) is 29.8 Å². The topological polar surface area (TPSA) is 85.3 Å². The predicted molar refractivity (Wildman–Crippen MR) is 104 cm³/mol. The Kier molecular flexibility index (Phi) is 6.37. The second-order valence-electron chi connectivity index (χ2n) is 6.94. The van der Waals surface area contributed by atoms with E-state index in [4.69, 9.17) is 16.3 Å². The molecule has 2 N–H and O–H groups in total. The Morgan fingerprint density at radius 1 is 1.30 bits per heavy atom. The molecule has 11 heteroatoms. The van der Waals surface area contributed by atoms with Gasteiger partial charge in [0.15, 0.2) is 0 Å². The zero-order valence-electron chi connectivity index (χ0n) is 16.3. The van der Waals surface area contributed by atoms with Crippen molar-refractivity contribution in [3.8, 4) is 0 Å². The normalized spacial score (nSPS) is 16.5. The molecule has 2 amide bonds. The molecule has 1 aromatic carbocycles. The Morgan fingerprint density at radius 3 is 2.60 bits per heavy atom. The van der Waals surface area contributed by atoms with E-state index in [1.165, 1.54) is 10.7 Å². The van der Waals surface area contributed by atoms with Gasteiger partial charge in [0.05, 0.1) is 27.7 Å². The van der Waals surface area contributed by atoms with Gasteiger partial charge in [-0.15, -0.1) is 0 Å². The first-order chi connectivity index (χ1) is 14.1. The number of halogens is 4. The molecule has 0 bridgehead atoms. The van der Waals surface area contributed by atoms with Crippen molar-refractivity contribution in [1.82, 2.24) is 9.78 Å². The third-order valence-electron chi connectivity index (χ3n) is 4.68. The number of benzene rings is 1. The van der Waals surface area contributed by atoms with Crippen molar-refractivity contribution in [2.24, 2.45) is 0 Å². The van der Waals surface area contributed by atoms with Crippen LogP contribution in [0.4, 0.5) is 24.5 Å². The zero-order chi connectivity index (χ0) is 22.1. The maximum Gasteiger partial charge on any atom is 0.418 e. The molecular formula is C19H20ClF3N4O3. The number of hydrogen-bond donors (Lipinski definition) is 2. The van der Waals surface area contributed by atoms with Crippen LogP contribution < -0.4 is 10.6 Å². The molecule has 2 heterocycles. The number of carbonyl (C=O) groups is 2. The minimum atomic E-state index is -4.74.